The Morgan fingerprint density at radius 3 is 1.25 bits per heavy atom. The molecule has 2 aromatic heterocycles. The first kappa shape index (κ1) is 36.8. The highest BCUT2D eigenvalue weighted by atomic mass is 28.3. The molecule has 12 aromatic rings. The van der Waals surface area contributed by atoms with Crippen molar-refractivity contribution in [1.29, 1.82) is 0 Å². The summed E-state index contributed by atoms with van der Waals surface area (Å²) in [6, 6.07) is 91.1. The molecule has 0 saturated heterocycles. The first-order valence-electron chi connectivity index (χ1n) is 21.7. The summed E-state index contributed by atoms with van der Waals surface area (Å²) >= 11 is 0. The Balaban J connectivity index is 0.941. The van der Waals surface area contributed by atoms with Gasteiger partial charge in [-0.25, -0.2) is 0 Å². The predicted octanol–water partition coefficient (Wildman–Crippen LogP) is 13.1. The molecule has 0 aliphatic heterocycles. The summed E-state index contributed by atoms with van der Waals surface area (Å²) in [6.07, 6.45) is 0. The molecule has 0 saturated carbocycles. The minimum atomic E-state index is -2.67. The quantitative estimate of drug-likeness (QED) is 0.110. The molecule has 63 heavy (non-hydrogen) atoms. The fraction of sp³-hybridized carbons (Fsp3) is 0. The van der Waals surface area contributed by atoms with E-state index in [1.807, 2.05) is 0 Å². The number of para-hydroxylation sites is 2. The third-order valence-electron chi connectivity index (χ3n) is 12.9. The zero-order valence-electron chi connectivity index (χ0n) is 34.5. The second kappa shape index (κ2) is 15.2. The highest BCUT2D eigenvalue weighted by Gasteiger charge is 2.41. The fourth-order valence-corrected chi connectivity index (χ4v) is 14.8. The van der Waals surface area contributed by atoms with Gasteiger partial charge in [-0.2, -0.15) is 0 Å². The third-order valence-corrected chi connectivity index (χ3v) is 17.7. The molecule has 0 aliphatic rings. The second-order valence-electron chi connectivity index (χ2n) is 16.5. The van der Waals surface area contributed by atoms with Crippen LogP contribution in [0.3, 0.4) is 0 Å². The van der Waals surface area contributed by atoms with Crippen molar-refractivity contribution in [2.24, 2.45) is 0 Å². The molecular weight excluding hydrogens is 779 g/mol. The van der Waals surface area contributed by atoms with E-state index >= 15 is 0 Å². The van der Waals surface area contributed by atoms with Crippen molar-refractivity contribution in [1.82, 2.24) is 4.57 Å². The van der Waals surface area contributed by atoms with Crippen molar-refractivity contribution < 1.29 is 4.42 Å². The van der Waals surface area contributed by atoms with Crippen LogP contribution >= 0.6 is 0 Å². The lowest BCUT2D eigenvalue weighted by Crippen LogP contribution is -2.74. The lowest BCUT2D eigenvalue weighted by atomic mass is 9.97. The largest absolute Gasteiger partial charge is 0.456 e. The Kier molecular flexibility index (Phi) is 8.87. The molecule has 296 valence electrons. The Morgan fingerprint density at radius 2 is 0.683 bits per heavy atom. The number of fused-ring (bicyclic) bond motifs is 6. The molecule has 3 heteroatoms. The molecule has 10 aromatic carbocycles. The number of rotatable bonds is 8. The van der Waals surface area contributed by atoms with Crippen LogP contribution in [0.4, 0.5) is 0 Å². The molecule has 0 spiro atoms. The second-order valence-corrected chi connectivity index (χ2v) is 20.3. The van der Waals surface area contributed by atoms with Crippen molar-refractivity contribution >= 4 is 72.6 Å². The highest BCUT2D eigenvalue weighted by Crippen LogP contribution is 2.38. The lowest BCUT2D eigenvalue weighted by molar-refractivity contribution is 0.669. The van der Waals surface area contributed by atoms with E-state index in [0.29, 0.717) is 0 Å². The van der Waals surface area contributed by atoms with E-state index in [9.17, 15) is 0 Å². The average molecular weight is 820 g/mol. The summed E-state index contributed by atoms with van der Waals surface area (Å²) in [6.45, 7) is 0. The highest BCUT2D eigenvalue weighted by molar-refractivity contribution is 7.19. The first-order valence-corrected chi connectivity index (χ1v) is 23.7. The number of hydrogen-bond acceptors (Lipinski definition) is 1. The molecule has 0 aliphatic carbocycles. The SMILES string of the molecule is c1ccc(-n2c3ccccc3c3cc(-c4ccc5oc6ccc(-c7cccc(-c8cccc([Si](c9ccccc9)(c9ccccc9)c9ccccc9)c8)c7)cc6c5c4)ccc32)cc1. The minimum Gasteiger partial charge on any atom is -0.456 e. The molecule has 0 N–H and O–H groups in total. The van der Waals surface area contributed by atoms with Crippen LogP contribution in [0, 0.1) is 0 Å². The van der Waals surface area contributed by atoms with E-state index in [-0.39, 0.29) is 0 Å². The van der Waals surface area contributed by atoms with Crippen molar-refractivity contribution in [3.63, 3.8) is 0 Å². The van der Waals surface area contributed by atoms with Crippen LogP contribution in [0.1, 0.15) is 0 Å². The zero-order chi connectivity index (χ0) is 41.7. The van der Waals surface area contributed by atoms with Gasteiger partial charge < -0.3 is 8.98 Å². The summed E-state index contributed by atoms with van der Waals surface area (Å²) in [7, 11) is -2.67. The van der Waals surface area contributed by atoms with Gasteiger partial charge in [0, 0.05) is 27.2 Å². The summed E-state index contributed by atoms with van der Waals surface area (Å²) < 4.78 is 8.83. The van der Waals surface area contributed by atoms with Crippen molar-refractivity contribution in [2.45, 2.75) is 0 Å². The topological polar surface area (TPSA) is 18.1 Å². The summed E-state index contributed by atoms with van der Waals surface area (Å²) in [5.74, 6) is 0. The number of aromatic nitrogens is 1. The number of hydrogen-bond donors (Lipinski definition) is 0. The summed E-state index contributed by atoms with van der Waals surface area (Å²) in [5.41, 5.74) is 12.4. The normalized spacial score (nSPS) is 11.8. The van der Waals surface area contributed by atoms with Crippen LogP contribution in [0.2, 0.25) is 0 Å². The van der Waals surface area contributed by atoms with Gasteiger partial charge in [0.05, 0.1) is 11.0 Å². The van der Waals surface area contributed by atoms with Crippen LogP contribution < -0.4 is 20.7 Å². The number of nitrogens with zero attached hydrogens (tertiary/aromatic N) is 1. The van der Waals surface area contributed by atoms with Crippen molar-refractivity contribution in [3.05, 3.63) is 249 Å². The van der Waals surface area contributed by atoms with Gasteiger partial charge in [0.2, 0.25) is 0 Å². The average Bonchev–Trinajstić information content (AvgIpc) is 3.90. The Labute approximate surface area is 367 Å². The van der Waals surface area contributed by atoms with Crippen molar-refractivity contribution in [2.75, 3.05) is 0 Å². The maximum atomic E-state index is 6.46. The zero-order valence-corrected chi connectivity index (χ0v) is 35.5. The molecule has 2 nitrogen and oxygen atoms in total. The van der Waals surface area contributed by atoms with Gasteiger partial charge in [0.25, 0.3) is 0 Å². The fourth-order valence-electron chi connectivity index (χ4n) is 10.0. The Morgan fingerprint density at radius 1 is 0.270 bits per heavy atom. The smallest absolute Gasteiger partial charge is 0.179 e. The van der Waals surface area contributed by atoms with E-state index in [1.165, 1.54) is 64.8 Å². The summed E-state index contributed by atoms with van der Waals surface area (Å²) in [4.78, 5) is 0. The molecule has 2 heterocycles. The van der Waals surface area contributed by atoms with Crippen molar-refractivity contribution in [3.8, 4) is 39.1 Å². The van der Waals surface area contributed by atoms with E-state index in [1.54, 1.807) is 0 Å². The van der Waals surface area contributed by atoms with Crippen LogP contribution in [0.25, 0.3) is 82.8 Å². The Bertz CT molecular complexity index is 3510. The van der Waals surface area contributed by atoms with Crippen LogP contribution in [0.5, 0.6) is 0 Å². The molecule has 0 bridgehead atoms. The van der Waals surface area contributed by atoms with E-state index in [4.69, 9.17) is 4.42 Å². The summed E-state index contributed by atoms with van der Waals surface area (Å²) in [5, 5.41) is 10.2. The maximum absolute atomic E-state index is 6.46. The van der Waals surface area contributed by atoms with Gasteiger partial charge in [-0.05, 0) is 115 Å². The van der Waals surface area contributed by atoms with Crippen LogP contribution in [-0.2, 0) is 0 Å². The molecule has 12 rings (SSSR count). The first-order chi connectivity index (χ1) is 31.2. The standard InChI is InChI=1S/C60H41NOSi/c1-5-20-48(21-6-1)61-57-30-14-13-29-53(57)54-39-45(31-34-58(54)61)47-33-36-60-56(41-47)55-40-46(32-35-59(55)62-60)43-18-15-17-42(37-43)44-19-16-28-52(38-44)63(49-22-7-2-8-23-49,50-24-9-3-10-25-50)51-26-11-4-12-27-51/h1-41H. The molecule has 0 unspecified atom stereocenters. The van der Waals surface area contributed by atoms with E-state index in [2.05, 4.69) is 253 Å². The minimum absolute atomic E-state index is 0.889. The van der Waals surface area contributed by atoms with E-state index < -0.39 is 8.07 Å². The van der Waals surface area contributed by atoms with Gasteiger partial charge in [-0.1, -0.05) is 188 Å². The monoisotopic (exact) mass is 819 g/mol. The van der Waals surface area contributed by atoms with Gasteiger partial charge in [-0.3, -0.25) is 0 Å². The van der Waals surface area contributed by atoms with Gasteiger partial charge in [0.15, 0.2) is 8.07 Å². The lowest BCUT2D eigenvalue weighted by Gasteiger charge is -2.34. The molecule has 0 atom stereocenters. The third kappa shape index (κ3) is 6.16. The number of furan rings is 1. The predicted molar refractivity (Wildman–Crippen MR) is 268 cm³/mol. The molecule has 0 fully saturated rings. The van der Waals surface area contributed by atoms with Gasteiger partial charge in [0.1, 0.15) is 11.2 Å². The van der Waals surface area contributed by atoms with Crippen LogP contribution in [0.15, 0.2) is 253 Å². The maximum Gasteiger partial charge on any atom is 0.179 e. The molecular formula is C60H41NOSi. The van der Waals surface area contributed by atoms with Crippen LogP contribution in [-0.4, -0.2) is 12.6 Å². The van der Waals surface area contributed by atoms with Gasteiger partial charge in [-0.15, -0.1) is 0 Å². The number of benzene rings is 10. The van der Waals surface area contributed by atoms with Gasteiger partial charge >= 0.3 is 0 Å². The Hall–Kier alpha value is -7.98. The van der Waals surface area contributed by atoms with E-state index in [0.717, 1.165) is 38.8 Å². The molecule has 0 amide bonds. The molecule has 0 radical (unpaired) electrons.